The molecular formula is C17H20ClNO. The first-order valence-corrected chi connectivity index (χ1v) is 7.10. The van der Waals surface area contributed by atoms with Crippen LogP contribution in [0.5, 0.6) is 0 Å². The van der Waals surface area contributed by atoms with Crippen molar-refractivity contribution in [1.82, 2.24) is 0 Å². The molecule has 0 saturated heterocycles. The number of halogens is 1. The van der Waals surface area contributed by atoms with Gasteiger partial charge in [-0.3, -0.25) is 0 Å². The zero-order valence-electron chi connectivity index (χ0n) is 11.6. The van der Waals surface area contributed by atoms with E-state index < -0.39 is 5.41 Å². The highest BCUT2D eigenvalue weighted by Crippen LogP contribution is 2.30. The van der Waals surface area contributed by atoms with Crippen LogP contribution in [0.25, 0.3) is 0 Å². The van der Waals surface area contributed by atoms with Crippen LogP contribution in [0.1, 0.15) is 16.7 Å². The largest absolute Gasteiger partial charge is 0.395 e. The first-order chi connectivity index (χ1) is 9.61. The normalized spacial score (nSPS) is 14.0. The molecule has 1 atom stereocenters. The molecule has 0 aliphatic rings. The summed E-state index contributed by atoms with van der Waals surface area (Å²) in [7, 11) is 0. The summed E-state index contributed by atoms with van der Waals surface area (Å²) in [4.78, 5) is 0. The smallest absolute Gasteiger partial charge is 0.0543 e. The molecule has 20 heavy (non-hydrogen) atoms. The Morgan fingerprint density at radius 2 is 1.85 bits per heavy atom. The Bertz CT molecular complexity index is 564. The summed E-state index contributed by atoms with van der Waals surface area (Å²) in [5, 5.41) is 10.6. The number of aliphatic hydroxyl groups is 1. The summed E-state index contributed by atoms with van der Waals surface area (Å²) in [6, 6.07) is 15.9. The lowest BCUT2D eigenvalue weighted by molar-refractivity contribution is 0.196. The zero-order valence-corrected chi connectivity index (χ0v) is 12.4. The molecule has 0 fully saturated rings. The minimum Gasteiger partial charge on any atom is -0.395 e. The quantitative estimate of drug-likeness (QED) is 0.888. The molecule has 3 heteroatoms. The predicted octanol–water partition coefficient (Wildman–Crippen LogP) is 3.08. The standard InChI is InChI=1S/C17H20ClNO/c1-13-7-8-14(16(18)9-13)10-17(11-19,12-20)15-5-3-2-4-6-15/h2-9,20H,10-12,19H2,1H3. The SMILES string of the molecule is Cc1ccc(CC(CN)(CO)c2ccccc2)c(Cl)c1. The third kappa shape index (κ3) is 3.04. The third-order valence-corrected chi connectivity index (χ3v) is 4.17. The van der Waals surface area contributed by atoms with Gasteiger partial charge in [0.1, 0.15) is 0 Å². The number of aryl methyl sites for hydroxylation is 1. The van der Waals surface area contributed by atoms with Crippen LogP contribution in [0.15, 0.2) is 48.5 Å². The van der Waals surface area contributed by atoms with E-state index in [1.54, 1.807) is 0 Å². The van der Waals surface area contributed by atoms with Crippen LogP contribution in [-0.4, -0.2) is 18.3 Å². The Kier molecular flexibility index (Phi) is 4.81. The second-order valence-electron chi connectivity index (χ2n) is 5.28. The van der Waals surface area contributed by atoms with E-state index in [2.05, 4.69) is 0 Å². The number of aliphatic hydroxyl groups excluding tert-OH is 1. The maximum atomic E-state index is 9.91. The minimum atomic E-state index is -0.486. The molecular weight excluding hydrogens is 270 g/mol. The van der Waals surface area contributed by atoms with E-state index in [0.29, 0.717) is 13.0 Å². The summed E-state index contributed by atoms with van der Waals surface area (Å²) >= 11 is 6.31. The molecule has 0 amide bonds. The average molecular weight is 290 g/mol. The Morgan fingerprint density at radius 3 is 2.40 bits per heavy atom. The maximum Gasteiger partial charge on any atom is 0.0543 e. The van der Waals surface area contributed by atoms with Crippen molar-refractivity contribution in [2.24, 2.45) is 5.73 Å². The summed E-state index contributed by atoms with van der Waals surface area (Å²) in [5.41, 5.74) is 8.67. The van der Waals surface area contributed by atoms with Crippen molar-refractivity contribution in [1.29, 1.82) is 0 Å². The molecule has 0 aliphatic carbocycles. The topological polar surface area (TPSA) is 46.2 Å². The van der Waals surface area contributed by atoms with Crippen LogP contribution in [0.2, 0.25) is 5.02 Å². The number of benzene rings is 2. The second-order valence-corrected chi connectivity index (χ2v) is 5.69. The highest BCUT2D eigenvalue weighted by atomic mass is 35.5. The van der Waals surface area contributed by atoms with Crippen LogP contribution < -0.4 is 5.73 Å². The molecule has 0 heterocycles. The van der Waals surface area contributed by atoms with E-state index in [1.807, 2.05) is 55.5 Å². The fourth-order valence-electron chi connectivity index (χ4n) is 2.46. The molecule has 0 saturated carbocycles. The molecule has 2 nitrogen and oxygen atoms in total. The van der Waals surface area contributed by atoms with E-state index in [1.165, 1.54) is 0 Å². The van der Waals surface area contributed by atoms with Gasteiger partial charge in [-0.05, 0) is 36.1 Å². The van der Waals surface area contributed by atoms with Gasteiger partial charge >= 0.3 is 0 Å². The van der Waals surface area contributed by atoms with Gasteiger partial charge in [0.2, 0.25) is 0 Å². The van der Waals surface area contributed by atoms with Crippen molar-refractivity contribution in [3.63, 3.8) is 0 Å². The highest BCUT2D eigenvalue weighted by molar-refractivity contribution is 6.31. The van der Waals surface area contributed by atoms with E-state index in [9.17, 15) is 5.11 Å². The lowest BCUT2D eigenvalue weighted by Crippen LogP contribution is -2.41. The molecule has 2 aromatic rings. The predicted molar refractivity (Wildman–Crippen MR) is 84.2 cm³/mol. The second kappa shape index (κ2) is 6.40. The van der Waals surface area contributed by atoms with Crippen LogP contribution in [0, 0.1) is 6.92 Å². The number of rotatable bonds is 5. The van der Waals surface area contributed by atoms with Gasteiger partial charge in [-0.25, -0.2) is 0 Å². The van der Waals surface area contributed by atoms with Crippen molar-refractivity contribution in [2.45, 2.75) is 18.8 Å². The van der Waals surface area contributed by atoms with Gasteiger partial charge in [0, 0.05) is 17.0 Å². The van der Waals surface area contributed by atoms with E-state index >= 15 is 0 Å². The Hall–Kier alpha value is -1.35. The van der Waals surface area contributed by atoms with E-state index in [-0.39, 0.29) is 6.61 Å². The molecule has 0 spiro atoms. The van der Waals surface area contributed by atoms with Gasteiger partial charge in [-0.1, -0.05) is 54.1 Å². The Morgan fingerprint density at radius 1 is 1.15 bits per heavy atom. The van der Waals surface area contributed by atoms with Crippen molar-refractivity contribution >= 4 is 11.6 Å². The maximum absolute atomic E-state index is 9.91. The van der Waals surface area contributed by atoms with Crippen molar-refractivity contribution in [3.8, 4) is 0 Å². The van der Waals surface area contributed by atoms with Gasteiger partial charge < -0.3 is 10.8 Å². The fraction of sp³-hybridized carbons (Fsp3) is 0.294. The third-order valence-electron chi connectivity index (χ3n) is 3.82. The van der Waals surface area contributed by atoms with E-state index in [0.717, 1.165) is 21.7 Å². The fourth-order valence-corrected chi connectivity index (χ4v) is 2.76. The molecule has 1 unspecified atom stereocenters. The lowest BCUT2D eigenvalue weighted by Gasteiger charge is -2.31. The van der Waals surface area contributed by atoms with Gasteiger partial charge in [-0.15, -0.1) is 0 Å². The van der Waals surface area contributed by atoms with Crippen LogP contribution >= 0.6 is 11.6 Å². The molecule has 2 rings (SSSR count). The monoisotopic (exact) mass is 289 g/mol. The molecule has 106 valence electrons. The Balaban J connectivity index is 2.39. The highest BCUT2D eigenvalue weighted by Gasteiger charge is 2.31. The van der Waals surface area contributed by atoms with Crippen molar-refractivity contribution in [3.05, 3.63) is 70.2 Å². The lowest BCUT2D eigenvalue weighted by atomic mass is 9.76. The minimum absolute atomic E-state index is 0.00226. The number of nitrogens with two attached hydrogens (primary N) is 1. The van der Waals surface area contributed by atoms with Crippen molar-refractivity contribution in [2.75, 3.05) is 13.2 Å². The van der Waals surface area contributed by atoms with Crippen LogP contribution in [0.3, 0.4) is 0 Å². The molecule has 3 N–H and O–H groups in total. The molecule has 0 bridgehead atoms. The van der Waals surface area contributed by atoms with Gasteiger partial charge in [0.25, 0.3) is 0 Å². The van der Waals surface area contributed by atoms with Crippen LogP contribution in [-0.2, 0) is 11.8 Å². The van der Waals surface area contributed by atoms with Gasteiger partial charge in [0.15, 0.2) is 0 Å². The Labute approximate surface area is 125 Å². The molecule has 2 aromatic carbocycles. The summed E-state index contributed by atoms with van der Waals surface area (Å²) < 4.78 is 0. The van der Waals surface area contributed by atoms with E-state index in [4.69, 9.17) is 17.3 Å². The van der Waals surface area contributed by atoms with Gasteiger partial charge in [-0.2, -0.15) is 0 Å². The molecule has 0 aromatic heterocycles. The van der Waals surface area contributed by atoms with Crippen molar-refractivity contribution < 1.29 is 5.11 Å². The number of hydrogen-bond acceptors (Lipinski definition) is 2. The van der Waals surface area contributed by atoms with Crippen LogP contribution in [0.4, 0.5) is 0 Å². The molecule has 0 aliphatic heterocycles. The average Bonchev–Trinajstić information content (AvgIpc) is 2.48. The summed E-state index contributed by atoms with van der Waals surface area (Å²) in [5.74, 6) is 0. The van der Waals surface area contributed by atoms with Gasteiger partial charge in [0.05, 0.1) is 6.61 Å². The first kappa shape index (κ1) is 15.0. The number of hydrogen-bond donors (Lipinski definition) is 2. The molecule has 0 radical (unpaired) electrons. The summed E-state index contributed by atoms with van der Waals surface area (Å²) in [6.45, 7) is 2.38. The first-order valence-electron chi connectivity index (χ1n) is 6.73. The summed E-state index contributed by atoms with van der Waals surface area (Å²) in [6.07, 6.45) is 0.628. The zero-order chi connectivity index (χ0) is 14.6.